The van der Waals surface area contributed by atoms with Crippen molar-refractivity contribution in [2.75, 3.05) is 5.32 Å². The number of aromatic nitrogens is 1. The van der Waals surface area contributed by atoms with E-state index in [1.165, 1.54) is 23.4 Å². The van der Waals surface area contributed by atoms with Crippen LogP contribution in [0.25, 0.3) is 5.57 Å². The fourth-order valence-corrected chi connectivity index (χ4v) is 3.13. The Morgan fingerprint density at radius 3 is 2.62 bits per heavy atom. The largest absolute Gasteiger partial charge is 0.416 e. The molecule has 4 rings (SSSR count). The van der Waals surface area contributed by atoms with Gasteiger partial charge >= 0.3 is 12.0 Å². The van der Waals surface area contributed by atoms with E-state index >= 15 is 0 Å². The van der Waals surface area contributed by atoms with Crippen molar-refractivity contribution >= 4 is 17.5 Å². The molecule has 0 bridgehead atoms. The molecule has 1 atom stereocenters. The number of nitrogens with one attached hydrogen (secondary N) is 2. The van der Waals surface area contributed by atoms with E-state index in [4.69, 9.17) is 0 Å². The lowest BCUT2D eigenvalue weighted by Gasteiger charge is -2.35. The van der Waals surface area contributed by atoms with E-state index < -0.39 is 17.5 Å². The fraction of sp³-hybridized carbons (Fsp3) is 0.150. The van der Waals surface area contributed by atoms with Crippen molar-refractivity contribution in [2.24, 2.45) is 4.99 Å². The van der Waals surface area contributed by atoms with Crippen LogP contribution in [0.2, 0.25) is 0 Å². The summed E-state index contributed by atoms with van der Waals surface area (Å²) in [7, 11) is 0. The van der Waals surface area contributed by atoms with Crippen LogP contribution in [-0.2, 0) is 6.18 Å². The van der Waals surface area contributed by atoms with Gasteiger partial charge in [-0.05, 0) is 48.9 Å². The number of hydrogen-bond donors (Lipinski definition) is 2. The lowest BCUT2D eigenvalue weighted by molar-refractivity contribution is -0.137. The van der Waals surface area contributed by atoms with Crippen molar-refractivity contribution in [1.29, 1.82) is 5.26 Å². The molecule has 2 N–H and O–H groups in total. The van der Waals surface area contributed by atoms with Gasteiger partial charge in [0.2, 0.25) is 0 Å². The average Bonchev–Trinajstić information content (AvgIpc) is 3.06. The van der Waals surface area contributed by atoms with Gasteiger partial charge in [0.25, 0.3) is 0 Å². The fourth-order valence-electron chi connectivity index (χ4n) is 3.13. The summed E-state index contributed by atoms with van der Waals surface area (Å²) in [4.78, 5) is 8.65. The molecule has 2 aromatic rings. The van der Waals surface area contributed by atoms with Crippen molar-refractivity contribution in [3.05, 3.63) is 77.4 Å². The Labute approximate surface area is 164 Å². The van der Waals surface area contributed by atoms with E-state index in [9.17, 15) is 18.4 Å². The van der Waals surface area contributed by atoms with Crippen LogP contribution in [0.4, 0.5) is 18.9 Å². The number of hydrazine groups is 1. The number of hydrogen-bond acceptors (Lipinski definition) is 6. The number of allylic oxidation sites excluding steroid dienone is 3. The molecule has 1 aromatic carbocycles. The maximum Gasteiger partial charge on any atom is 0.416 e. The molecule has 1 aromatic heterocycles. The number of anilines is 1. The molecule has 0 saturated heterocycles. The Morgan fingerprint density at radius 1 is 1.21 bits per heavy atom. The quantitative estimate of drug-likeness (QED) is 0.825. The van der Waals surface area contributed by atoms with E-state index in [0.717, 1.165) is 29.0 Å². The molecule has 3 heterocycles. The minimum atomic E-state index is -4.42. The summed E-state index contributed by atoms with van der Waals surface area (Å²) < 4.78 is 38.3. The molecule has 0 saturated carbocycles. The monoisotopic (exact) mass is 396 g/mol. The van der Waals surface area contributed by atoms with Gasteiger partial charge in [-0.3, -0.25) is 4.98 Å². The second kappa shape index (κ2) is 6.67. The van der Waals surface area contributed by atoms with Crippen LogP contribution < -0.4 is 10.7 Å². The number of nitriles is 1. The summed E-state index contributed by atoms with van der Waals surface area (Å²) in [6.45, 7) is 1.95. The molecule has 2 aliphatic rings. The van der Waals surface area contributed by atoms with Crippen molar-refractivity contribution in [1.82, 2.24) is 15.4 Å². The van der Waals surface area contributed by atoms with Gasteiger partial charge in [-0.25, -0.2) is 10.0 Å². The molecule has 0 fully saturated rings. The maximum absolute atomic E-state index is 12.8. The average molecular weight is 396 g/mol. The van der Waals surface area contributed by atoms with Crippen LogP contribution in [0.3, 0.4) is 0 Å². The number of benzene rings is 1. The van der Waals surface area contributed by atoms with E-state index in [1.807, 2.05) is 25.1 Å². The molecule has 0 radical (unpaired) electrons. The molecule has 0 amide bonds. The zero-order valence-electron chi connectivity index (χ0n) is 15.2. The topological polar surface area (TPSA) is 76.3 Å². The number of pyridine rings is 1. The van der Waals surface area contributed by atoms with Gasteiger partial charge < -0.3 is 10.7 Å². The molecule has 0 aliphatic carbocycles. The molecule has 6 nitrogen and oxygen atoms in total. The predicted molar refractivity (Wildman–Crippen MR) is 102 cm³/mol. The summed E-state index contributed by atoms with van der Waals surface area (Å²) in [5.41, 5.74) is 5.83. The molecular weight excluding hydrogens is 381 g/mol. The summed E-state index contributed by atoms with van der Waals surface area (Å²) in [6, 6.07) is 10.3. The minimum Gasteiger partial charge on any atom is -0.330 e. The summed E-state index contributed by atoms with van der Waals surface area (Å²) >= 11 is 0. The van der Waals surface area contributed by atoms with Crippen LogP contribution in [0.5, 0.6) is 0 Å². The van der Waals surface area contributed by atoms with Crippen LogP contribution in [0, 0.1) is 18.3 Å². The normalized spacial score (nSPS) is 20.3. The third kappa shape index (κ3) is 3.29. The van der Waals surface area contributed by atoms with Gasteiger partial charge in [0.15, 0.2) is 0 Å². The van der Waals surface area contributed by atoms with E-state index in [-0.39, 0.29) is 0 Å². The van der Waals surface area contributed by atoms with Crippen molar-refractivity contribution in [2.45, 2.75) is 18.9 Å². The summed E-state index contributed by atoms with van der Waals surface area (Å²) in [5, 5.41) is 14.2. The number of halogens is 3. The Kier molecular flexibility index (Phi) is 4.27. The number of aliphatic imine (C=N–C) groups is 1. The van der Waals surface area contributed by atoms with Gasteiger partial charge in [-0.15, -0.1) is 0 Å². The van der Waals surface area contributed by atoms with Crippen LogP contribution in [-0.4, -0.2) is 22.0 Å². The number of aryl methyl sites for hydroxylation is 1. The molecule has 29 heavy (non-hydrogen) atoms. The molecule has 2 aliphatic heterocycles. The third-order valence-electron chi connectivity index (χ3n) is 4.59. The van der Waals surface area contributed by atoms with Crippen molar-refractivity contribution < 1.29 is 13.2 Å². The minimum absolute atomic E-state index is 0.329. The molecule has 1 unspecified atom stereocenters. The van der Waals surface area contributed by atoms with E-state index in [1.54, 1.807) is 12.4 Å². The number of fused-ring (bicyclic) bond motifs is 1. The first-order valence-electron chi connectivity index (χ1n) is 8.65. The van der Waals surface area contributed by atoms with Crippen LogP contribution >= 0.6 is 0 Å². The zero-order valence-corrected chi connectivity index (χ0v) is 15.2. The standard InChI is InChI=1S/C20H15F3N6/c1-13-3-2-8-25-18(13)14-9-17-11-26-19(12-24,29(17)27-10-14)28-16-6-4-15(5-7-16)20(21,22)23/h2-11,27-28H,1H3. The highest BCUT2D eigenvalue weighted by atomic mass is 19.4. The van der Waals surface area contributed by atoms with E-state index in [2.05, 4.69) is 26.8 Å². The Bertz CT molecular complexity index is 1080. The third-order valence-corrected chi connectivity index (χ3v) is 4.59. The molecule has 146 valence electrons. The first-order chi connectivity index (χ1) is 13.8. The van der Waals surface area contributed by atoms with Crippen molar-refractivity contribution in [3.8, 4) is 6.07 Å². The van der Waals surface area contributed by atoms with Gasteiger partial charge in [0.05, 0.1) is 23.2 Å². The highest BCUT2D eigenvalue weighted by Gasteiger charge is 2.43. The lowest BCUT2D eigenvalue weighted by atomic mass is 10.1. The highest BCUT2D eigenvalue weighted by Crippen LogP contribution is 2.34. The van der Waals surface area contributed by atoms with E-state index in [0.29, 0.717) is 11.4 Å². The smallest absolute Gasteiger partial charge is 0.330 e. The number of nitrogens with zero attached hydrogens (tertiary/aromatic N) is 4. The van der Waals surface area contributed by atoms with Gasteiger partial charge in [0, 0.05) is 23.7 Å². The first kappa shape index (κ1) is 18.6. The SMILES string of the molecule is Cc1cccnc1C1=CNN2C(=C1)C=NC2(C#N)Nc1ccc(C(F)(F)F)cc1. The van der Waals surface area contributed by atoms with Gasteiger partial charge in [-0.2, -0.15) is 18.4 Å². The second-order valence-corrected chi connectivity index (χ2v) is 6.54. The van der Waals surface area contributed by atoms with Crippen molar-refractivity contribution in [3.63, 3.8) is 0 Å². The summed E-state index contributed by atoms with van der Waals surface area (Å²) in [5.74, 6) is -1.53. The second-order valence-electron chi connectivity index (χ2n) is 6.54. The number of alkyl halides is 3. The van der Waals surface area contributed by atoms with Crippen LogP contribution in [0.1, 0.15) is 16.8 Å². The molecular formula is C20H15F3N6. The Balaban J connectivity index is 1.59. The Hall–Kier alpha value is -3.80. The zero-order chi connectivity index (χ0) is 20.6. The molecule has 9 heteroatoms. The molecule has 0 spiro atoms. The summed E-state index contributed by atoms with van der Waals surface area (Å²) in [6.07, 6.45) is 2.34. The predicted octanol–water partition coefficient (Wildman–Crippen LogP) is 3.83. The number of rotatable bonds is 3. The lowest BCUT2D eigenvalue weighted by Crippen LogP contribution is -2.54. The maximum atomic E-state index is 12.8. The highest BCUT2D eigenvalue weighted by molar-refractivity contribution is 5.89. The van der Waals surface area contributed by atoms with Gasteiger partial charge in [-0.1, -0.05) is 6.07 Å². The Morgan fingerprint density at radius 2 is 1.97 bits per heavy atom. The van der Waals surface area contributed by atoms with Gasteiger partial charge in [0.1, 0.15) is 6.07 Å². The van der Waals surface area contributed by atoms with Crippen LogP contribution in [0.15, 0.2) is 65.6 Å². The first-order valence-corrected chi connectivity index (χ1v) is 8.65.